The van der Waals surface area contributed by atoms with Crippen LogP contribution in [-0.4, -0.2) is 43.3 Å². The van der Waals surface area contributed by atoms with Crippen molar-refractivity contribution in [1.29, 1.82) is 0 Å². The summed E-state index contributed by atoms with van der Waals surface area (Å²) in [6.07, 6.45) is 2.19. The van der Waals surface area contributed by atoms with Crippen molar-refractivity contribution in [3.63, 3.8) is 0 Å². The van der Waals surface area contributed by atoms with Gasteiger partial charge in [-0.25, -0.2) is 0 Å². The van der Waals surface area contributed by atoms with Gasteiger partial charge in [0, 0.05) is 35.8 Å². The van der Waals surface area contributed by atoms with Gasteiger partial charge in [-0.05, 0) is 31.0 Å². The molecule has 1 aromatic rings. The topological polar surface area (TPSA) is 47.6 Å². The molecule has 1 saturated heterocycles. The minimum Gasteiger partial charge on any atom is -0.482 e. The summed E-state index contributed by atoms with van der Waals surface area (Å²) >= 11 is 13.7. The fourth-order valence-electron chi connectivity index (χ4n) is 2.05. The van der Waals surface area contributed by atoms with Gasteiger partial charge in [-0.3, -0.25) is 4.79 Å². The smallest absolute Gasteiger partial charge is 0.257 e. The third-order valence-electron chi connectivity index (χ3n) is 3.20. The average molecular weight is 364 g/mol. The number of rotatable bonds is 7. The Morgan fingerprint density at radius 3 is 2.86 bits per heavy atom. The first-order valence-electron chi connectivity index (χ1n) is 7.19. The molecule has 1 aromatic carbocycles. The summed E-state index contributed by atoms with van der Waals surface area (Å²) in [6, 6.07) is 4.91. The lowest BCUT2D eigenvalue weighted by Gasteiger charge is -2.21. The number of amides is 1. The predicted molar refractivity (Wildman–Crippen MR) is 91.3 cm³/mol. The molecule has 1 heterocycles. The first-order valence-corrected chi connectivity index (χ1v) is 8.99. The van der Waals surface area contributed by atoms with Crippen molar-refractivity contribution in [3.8, 4) is 5.75 Å². The minimum absolute atomic E-state index is 0.0523. The lowest BCUT2D eigenvalue weighted by molar-refractivity contribution is -0.122. The lowest BCUT2D eigenvalue weighted by Crippen LogP contribution is -2.31. The molecule has 1 N–H and O–H groups in total. The van der Waals surface area contributed by atoms with Gasteiger partial charge >= 0.3 is 0 Å². The molecule has 0 radical (unpaired) electrons. The molecule has 0 bridgehead atoms. The summed E-state index contributed by atoms with van der Waals surface area (Å²) in [4.78, 5) is 11.7. The third-order valence-corrected chi connectivity index (χ3v) is 5.11. The van der Waals surface area contributed by atoms with Crippen LogP contribution in [0, 0.1) is 0 Å². The highest BCUT2D eigenvalue weighted by atomic mass is 35.5. The van der Waals surface area contributed by atoms with E-state index in [-0.39, 0.29) is 12.5 Å². The number of hydrogen-bond donors (Lipinski definition) is 1. The van der Waals surface area contributed by atoms with Crippen LogP contribution in [0.5, 0.6) is 5.75 Å². The van der Waals surface area contributed by atoms with E-state index in [0.717, 1.165) is 31.8 Å². The zero-order chi connectivity index (χ0) is 15.8. The van der Waals surface area contributed by atoms with E-state index < -0.39 is 0 Å². The molecule has 0 atom stereocenters. The molecule has 22 heavy (non-hydrogen) atoms. The van der Waals surface area contributed by atoms with Crippen molar-refractivity contribution in [3.05, 3.63) is 28.2 Å². The van der Waals surface area contributed by atoms with Gasteiger partial charge in [-0.2, -0.15) is 11.8 Å². The highest BCUT2D eigenvalue weighted by Crippen LogP contribution is 2.27. The lowest BCUT2D eigenvalue weighted by atomic mass is 10.2. The zero-order valence-electron chi connectivity index (χ0n) is 12.1. The molecule has 1 aliphatic heterocycles. The number of halogens is 2. The average Bonchev–Trinajstić information content (AvgIpc) is 2.52. The summed E-state index contributed by atoms with van der Waals surface area (Å²) in [5.74, 6) is 1.20. The Bertz CT molecular complexity index is 496. The van der Waals surface area contributed by atoms with Crippen molar-refractivity contribution in [2.75, 3.05) is 32.1 Å². The third kappa shape index (κ3) is 6.24. The largest absolute Gasteiger partial charge is 0.482 e. The predicted octanol–water partition coefficient (Wildman–Crippen LogP) is 3.40. The first-order chi connectivity index (χ1) is 10.6. The van der Waals surface area contributed by atoms with Crippen molar-refractivity contribution in [2.24, 2.45) is 0 Å². The van der Waals surface area contributed by atoms with E-state index in [0.29, 0.717) is 27.6 Å². The number of nitrogens with one attached hydrogen (secondary N) is 1. The number of ether oxygens (including phenoxy) is 2. The fraction of sp³-hybridized carbons (Fsp3) is 0.533. The van der Waals surface area contributed by atoms with Gasteiger partial charge in [-0.15, -0.1) is 0 Å². The van der Waals surface area contributed by atoms with Crippen LogP contribution in [0.2, 0.25) is 10.0 Å². The van der Waals surface area contributed by atoms with E-state index in [4.69, 9.17) is 32.7 Å². The number of hydrogen-bond acceptors (Lipinski definition) is 4. The zero-order valence-corrected chi connectivity index (χ0v) is 14.5. The summed E-state index contributed by atoms with van der Waals surface area (Å²) in [5, 5.41) is 4.42. The van der Waals surface area contributed by atoms with Crippen LogP contribution in [0.1, 0.15) is 12.8 Å². The van der Waals surface area contributed by atoms with Crippen molar-refractivity contribution in [2.45, 2.75) is 18.1 Å². The van der Waals surface area contributed by atoms with Crippen LogP contribution >= 0.6 is 35.0 Å². The first kappa shape index (κ1) is 17.7. The molecule has 1 amide bonds. The molecule has 2 rings (SSSR count). The minimum atomic E-state index is -0.154. The number of carbonyl (C=O) groups is 1. The van der Waals surface area contributed by atoms with E-state index in [9.17, 15) is 4.79 Å². The second-order valence-corrected chi connectivity index (χ2v) is 7.15. The SMILES string of the molecule is O=C(COc1ccc(Cl)cc1Cl)NCCSC1CCOCC1. The molecule has 1 fully saturated rings. The molecule has 122 valence electrons. The molecular formula is C15H19Cl2NO3S. The Kier molecular flexibility index (Phi) is 7.66. The van der Waals surface area contributed by atoms with Crippen molar-refractivity contribution in [1.82, 2.24) is 5.32 Å². The molecule has 4 nitrogen and oxygen atoms in total. The number of benzene rings is 1. The molecule has 0 aromatic heterocycles. The highest BCUT2D eigenvalue weighted by Gasteiger charge is 2.13. The molecule has 0 unspecified atom stereocenters. The normalized spacial score (nSPS) is 15.5. The molecular weight excluding hydrogens is 345 g/mol. The van der Waals surface area contributed by atoms with Gasteiger partial charge < -0.3 is 14.8 Å². The van der Waals surface area contributed by atoms with E-state index in [1.807, 2.05) is 11.8 Å². The van der Waals surface area contributed by atoms with Gasteiger partial charge in [-0.1, -0.05) is 23.2 Å². The molecule has 0 saturated carbocycles. The summed E-state index contributed by atoms with van der Waals surface area (Å²) in [6.45, 7) is 2.28. The number of thioether (sulfide) groups is 1. The van der Waals surface area contributed by atoms with Crippen molar-refractivity contribution < 1.29 is 14.3 Å². The molecule has 7 heteroatoms. The van der Waals surface area contributed by atoms with Crippen LogP contribution in [0.25, 0.3) is 0 Å². The molecule has 0 spiro atoms. The van der Waals surface area contributed by atoms with Gasteiger partial charge in [0.25, 0.3) is 5.91 Å². The number of carbonyl (C=O) groups excluding carboxylic acids is 1. The summed E-state index contributed by atoms with van der Waals surface area (Å²) in [7, 11) is 0. The van der Waals surface area contributed by atoms with Crippen LogP contribution in [0.4, 0.5) is 0 Å². The van der Waals surface area contributed by atoms with E-state index >= 15 is 0 Å². The van der Waals surface area contributed by atoms with Gasteiger partial charge in [0.2, 0.25) is 0 Å². The standard InChI is InChI=1S/C15H19Cl2NO3S/c16-11-1-2-14(13(17)9-11)21-10-15(19)18-5-8-22-12-3-6-20-7-4-12/h1-2,9,12H,3-8,10H2,(H,18,19). The van der Waals surface area contributed by atoms with E-state index in [1.54, 1.807) is 18.2 Å². The Morgan fingerprint density at radius 1 is 1.36 bits per heavy atom. The van der Waals surface area contributed by atoms with Crippen LogP contribution < -0.4 is 10.1 Å². The second kappa shape index (κ2) is 9.50. The highest BCUT2D eigenvalue weighted by molar-refractivity contribution is 7.99. The molecule has 0 aliphatic carbocycles. The Labute approximate surface area is 144 Å². The maximum Gasteiger partial charge on any atom is 0.257 e. The maximum atomic E-state index is 11.7. The van der Waals surface area contributed by atoms with Crippen LogP contribution in [0.3, 0.4) is 0 Å². The second-order valence-electron chi connectivity index (χ2n) is 4.90. The van der Waals surface area contributed by atoms with Crippen LogP contribution in [-0.2, 0) is 9.53 Å². The molecule has 1 aliphatic rings. The Morgan fingerprint density at radius 2 is 2.14 bits per heavy atom. The van der Waals surface area contributed by atoms with E-state index in [2.05, 4.69) is 5.32 Å². The quantitative estimate of drug-likeness (QED) is 0.754. The summed E-state index contributed by atoms with van der Waals surface area (Å²) < 4.78 is 10.7. The van der Waals surface area contributed by atoms with Gasteiger partial charge in [0.1, 0.15) is 5.75 Å². The van der Waals surface area contributed by atoms with Crippen LogP contribution in [0.15, 0.2) is 18.2 Å². The van der Waals surface area contributed by atoms with Gasteiger partial charge in [0.05, 0.1) is 5.02 Å². The Hall–Kier alpha value is -0.620. The van der Waals surface area contributed by atoms with E-state index in [1.165, 1.54) is 0 Å². The summed E-state index contributed by atoms with van der Waals surface area (Å²) in [5.41, 5.74) is 0. The van der Waals surface area contributed by atoms with Crippen molar-refractivity contribution >= 4 is 40.9 Å². The maximum absolute atomic E-state index is 11.7. The fourth-order valence-corrected chi connectivity index (χ4v) is 3.59. The van der Waals surface area contributed by atoms with Gasteiger partial charge in [0.15, 0.2) is 6.61 Å². The monoisotopic (exact) mass is 363 g/mol. The Balaban J connectivity index is 1.59.